The van der Waals surface area contributed by atoms with Crippen LogP contribution >= 0.6 is 0 Å². The predicted octanol–water partition coefficient (Wildman–Crippen LogP) is 2.92. The number of benzene rings is 1. The van der Waals surface area contributed by atoms with Crippen molar-refractivity contribution in [1.82, 2.24) is 0 Å². The molecule has 2 rings (SSSR count). The molecule has 1 atom stereocenters. The maximum atomic E-state index is 11.2. The minimum absolute atomic E-state index is 0.397. The lowest BCUT2D eigenvalue weighted by molar-refractivity contribution is -0.117. The molecule has 0 spiro atoms. The maximum Gasteiger partial charge on any atom is 0.133 e. The van der Waals surface area contributed by atoms with Crippen LogP contribution in [0.1, 0.15) is 37.7 Å². The molecular formula is C13H16O2. The van der Waals surface area contributed by atoms with Gasteiger partial charge in [0.05, 0.1) is 6.61 Å². The summed E-state index contributed by atoms with van der Waals surface area (Å²) in [7, 11) is 0. The van der Waals surface area contributed by atoms with Gasteiger partial charge in [0.2, 0.25) is 0 Å². The monoisotopic (exact) mass is 204 g/mol. The highest BCUT2D eigenvalue weighted by Crippen LogP contribution is 2.32. The van der Waals surface area contributed by atoms with Gasteiger partial charge < -0.3 is 4.74 Å². The smallest absolute Gasteiger partial charge is 0.133 e. The van der Waals surface area contributed by atoms with Crippen LogP contribution in [-0.2, 0) is 4.79 Å². The van der Waals surface area contributed by atoms with Crippen molar-refractivity contribution in [3.63, 3.8) is 0 Å². The van der Waals surface area contributed by atoms with Gasteiger partial charge in [0.25, 0.3) is 0 Å². The van der Waals surface area contributed by atoms with Crippen LogP contribution in [0.25, 0.3) is 0 Å². The molecule has 1 aliphatic carbocycles. The Morgan fingerprint density at radius 2 is 2.07 bits per heavy atom. The molecule has 1 aliphatic rings. The van der Waals surface area contributed by atoms with E-state index in [9.17, 15) is 4.79 Å². The molecule has 0 amide bonds. The molecule has 0 saturated heterocycles. The summed E-state index contributed by atoms with van der Waals surface area (Å²) < 4.78 is 5.38. The quantitative estimate of drug-likeness (QED) is 0.756. The van der Waals surface area contributed by atoms with Crippen LogP contribution in [0, 0.1) is 0 Å². The van der Waals surface area contributed by atoms with Crippen molar-refractivity contribution in [2.24, 2.45) is 0 Å². The first kappa shape index (κ1) is 10.2. The summed E-state index contributed by atoms with van der Waals surface area (Å²) in [5.74, 6) is 1.74. The van der Waals surface area contributed by atoms with Crippen LogP contribution in [0.4, 0.5) is 0 Å². The standard InChI is InChI=1S/C13H16O2/c1-2-15-13-7-4-10(5-8-13)11-3-6-12(14)9-11/h4-5,7-8,11H,2-3,6,9H2,1H3/t11-/m1/s1. The normalized spacial score (nSPS) is 20.6. The molecule has 2 heteroatoms. The zero-order valence-electron chi connectivity index (χ0n) is 9.03. The van der Waals surface area contributed by atoms with Crippen LogP contribution < -0.4 is 4.74 Å². The van der Waals surface area contributed by atoms with Crippen molar-refractivity contribution >= 4 is 5.78 Å². The average molecular weight is 204 g/mol. The molecule has 0 N–H and O–H groups in total. The van der Waals surface area contributed by atoms with Gasteiger partial charge in [-0.1, -0.05) is 12.1 Å². The van der Waals surface area contributed by atoms with Crippen molar-refractivity contribution in [2.75, 3.05) is 6.61 Å². The lowest BCUT2D eigenvalue weighted by Crippen LogP contribution is -1.95. The number of rotatable bonds is 3. The molecule has 0 heterocycles. The number of hydrogen-bond acceptors (Lipinski definition) is 2. The zero-order chi connectivity index (χ0) is 10.7. The second kappa shape index (κ2) is 4.47. The van der Waals surface area contributed by atoms with Gasteiger partial charge in [-0.05, 0) is 37.0 Å². The summed E-state index contributed by atoms with van der Waals surface area (Å²) >= 11 is 0. The van der Waals surface area contributed by atoms with Gasteiger partial charge in [-0.25, -0.2) is 0 Å². The molecule has 0 aliphatic heterocycles. The average Bonchev–Trinajstić information content (AvgIpc) is 2.67. The molecule has 0 unspecified atom stereocenters. The van der Waals surface area contributed by atoms with Crippen LogP contribution in [0.2, 0.25) is 0 Å². The van der Waals surface area contributed by atoms with Gasteiger partial charge in [0.15, 0.2) is 0 Å². The molecule has 0 bridgehead atoms. The van der Waals surface area contributed by atoms with Gasteiger partial charge in [0.1, 0.15) is 11.5 Å². The van der Waals surface area contributed by atoms with E-state index in [4.69, 9.17) is 4.74 Å². The topological polar surface area (TPSA) is 26.3 Å². The number of ether oxygens (including phenoxy) is 1. The highest BCUT2D eigenvalue weighted by Gasteiger charge is 2.23. The fourth-order valence-corrected chi connectivity index (χ4v) is 2.10. The first-order chi connectivity index (χ1) is 7.29. The Hall–Kier alpha value is -1.31. The fourth-order valence-electron chi connectivity index (χ4n) is 2.10. The SMILES string of the molecule is CCOc1ccc([C@@H]2CCC(=O)C2)cc1. The van der Waals surface area contributed by atoms with Crippen molar-refractivity contribution in [3.05, 3.63) is 29.8 Å². The number of Topliss-reactive ketones (excluding diaryl/α,β-unsaturated/α-hetero) is 1. The zero-order valence-corrected chi connectivity index (χ0v) is 9.03. The summed E-state index contributed by atoms with van der Waals surface area (Å²) in [6.07, 6.45) is 2.47. The first-order valence-electron chi connectivity index (χ1n) is 5.54. The van der Waals surface area contributed by atoms with Gasteiger partial charge in [-0.15, -0.1) is 0 Å². The molecule has 1 aromatic carbocycles. The van der Waals surface area contributed by atoms with Gasteiger partial charge >= 0.3 is 0 Å². The molecule has 15 heavy (non-hydrogen) atoms. The van der Waals surface area contributed by atoms with Gasteiger partial charge in [-0.3, -0.25) is 4.79 Å². The maximum absolute atomic E-state index is 11.2. The Morgan fingerprint density at radius 3 is 2.60 bits per heavy atom. The molecule has 0 radical (unpaired) electrons. The lowest BCUT2D eigenvalue weighted by atomic mass is 9.98. The summed E-state index contributed by atoms with van der Waals surface area (Å²) in [6, 6.07) is 8.13. The van der Waals surface area contributed by atoms with Crippen molar-refractivity contribution in [1.29, 1.82) is 0 Å². The van der Waals surface area contributed by atoms with Crippen LogP contribution in [0.15, 0.2) is 24.3 Å². The van der Waals surface area contributed by atoms with E-state index in [1.165, 1.54) is 5.56 Å². The minimum atomic E-state index is 0.397. The third kappa shape index (κ3) is 2.38. The molecule has 0 aromatic heterocycles. The van der Waals surface area contributed by atoms with E-state index < -0.39 is 0 Å². The molecule has 1 aromatic rings. The minimum Gasteiger partial charge on any atom is -0.494 e. The molecular weight excluding hydrogens is 188 g/mol. The second-order valence-corrected chi connectivity index (χ2v) is 3.98. The van der Waals surface area contributed by atoms with E-state index in [-0.39, 0.29) is 0 Å². The Balaban J connectivity index is 2.06. The first-order valence-corrected chi connectivity index (χ1v) is 5.54. The van der Waals surface area contributed by atoms with Crippen molar-refractivity contribution in [3.8, 4) is 5.75 Å². The molecule has 2 nitrogen and oxygen atoms in total. The van der Waals surface area contributed by atoms with E-state index >= 15 is 0 Å². The van der Waals surface area contributed by atoms with Crippen LogP contribution in [0.5, 0.6) is 5.75 Å². The third-order valence-corrected chi connectivity index (χ3v) is 2.91. The highest BCUT2D eigenvalue weighted by atomic mass is 16.5. The van der Waals surface area contributed by atoms with Crippen LogP contribution in [-0.4, -0.2) is 12.4 Å². The van der Waals surface area contributed by atoms with E-state index in [2.05, 4.69) is 12.1 Å². The van der Waals surface area contributed by atoms with E-state index in [1.807, 2.05) is 19.1 Å². The Morgan fingerprint density at radius 1 is 1.33 bits per heavy atom. The summed E-state index contributed by atoms with van der Waals surface area (Å²) in [6.45, 7) is 2.67. The summed E-state index contributed by atoms with van der Waals surface area (Å²) in [5.41, 5.74) is 1.27. The predicted molar refractivity (Wildman–Crippen MR) is 59.2 cm³/mol. The Labute approximate surface area is 90.3 Å². The van der Waals surface area contributed by atoms with Gasteiger partial charge in [-0.2, -0.15) is 0 Å². The van der Waals surface area contributed by atoms with E-state index in [0.29, 0.717) is 24.7 Å². The second-order valence-electron chi connectivity index (χ2n) is 3.98. The Bertz CT molecular complexity index is 340. The number of ketones is 1. The van der Waals surface area contributed by atoms with Crippen LogP contribution in [0.3, 0.4) is 0 Å². The fraction of sp³-hybridized carbons (Fsp3) is 0.462. The summed E-state index contributed by atoms with van der Waals surface area (Å²) in [4.78, 5) is 11.2. The lowest BCUT2D eigenvalue weighted by Gasteiger charge is -2.09. The number of carbonyl (C=O) groups excluding carboxylic acids is 1. The van der Waals surface area contributed by atoms with E-state index in [0.717, 1.165) is 18.6 Å². The van der Waals surface area contributed by atoms with Gasteiger partial charge in [0, 0.05) is 12.8 Å². The summed E-state index contributed by atoms with van der Waals surface area (Å²) in [5, 5.41) is 0. The largest absolute Gasteiger partial charge is 0.494 e. The molecule has 1 saturated carbocycles. The number of carbonyl (C=O) groups is 1. The third-order valence-electron chi connectivity index (χ3n) is 2.91. The van der Waals surface area contributed by atoms with E-state index in [1.54, 1.807) is 0 Å². The van der Waals surface area contributed by atoms with Crippen molar-refractivity contribution < 1.29 is 9.53 Å². The highest BCUT2D eigenvalue weighted by molar-refractivity contribution is 5.81. The molecule has 1 fully saturated rings. The van der Waals surface area contributed by atoms with Crippen molar-refractivity contribution in [2.45, 2.75) is 32.1 Å². The number of hydrogen-bond donors (Lipinski definition) is 0. The Kier molecular flexibility index (Phi) is 3.05. The molecule has 80 valence electrons.